The average molecular weight is 390 g/mol. The molecule has 1 aliphatic rings. The number of nitrogens with zero attached hydrogens (tertiary/aromatic N) is 4. The second-order valence-electron chi connectivity index (χ2n) is 6.58. The number of piperidine rings is 1. The highest BCUT2D eigenvalue weighted by molar-refractivity contribution is 7.99. The van der Waals surface area contributed by atoms with Crippen molar-refractivity contribution in [3.63, 3.8) is 0 Å². The summed E-state index contributed by atoms with van der Waals surface area (Å²) in [5.74, 6) is 1.16. The number of ether oxygens (including phenoxy) is 1. The number of methoxy groups -OCH3 is 1. The molecule has 2 heterocycles. The van der Waals surface area contributed by atoms with Crippen LogP contribution in [0.1, 0.15) is 25.7 Å². The number of hydrogen-bond acceptors (Lipinski definition) is 6. The van der Waals surface area contributed by atoms with Gasteiger partial charge in [0.2, 0.25) is 5.91 Å². The number of carbonyl (C=O) groups excluding carboxylic acids is 1. The Labute approximate surface area is 164 Å². The molecule has 0 unspecified atom stereocenters. The number of hydrogen-bond donors (Lipinski definition) is 1. The van der Waals surface area contributed by atoms with Gasteiger partial charge in [0, 0.05) is 12.2 Å². The van der Waals surface area contributed by atoms with Crippen LogP contribution in [0, 0.1) is 0 Å². The number of carbonyl (C=O) groups is 1. The molecule has 0 aliphatic carbocycles. The summed E-state index contributed by atoms with van der Waals surface area (Å²) in [6.07, 6.45) is 6.61. The molecule has 0 radical (unpaired) electrons. The fourth-order valence-electron chi connectivity index (χ4n) is 3.14. The van der Waals surface area contributed by atoms with E-state index in [0.717, 1.165) is 30.9 Å². The van der Waals surface area contributed by atoms with E-state index in [1.165, 1.54) is 44.1 Å². The van der Waals surface area contributed by atoms with Gasteiger partial charge in [0.05, 0.1) is 12.9 Å². The molecule has 1 fully saturated rings. The zero-order valence-corrected chi connectivity index (χ0v) is 16.6. The number of rotatable bonds is 9. The van der Waals surface area contributed by atoms with Gasteiger partial charge in [-0.2, -0.15) is 0 Å². The highest BCUT2D eigenvalue weighted by Gasteiger charge is 2.11. The third-order valence-corrected chi connectivity index (χ3v) is 5.56. The number of thioether (sulfide) groups is 1. The minimum atomic E-state index is 0.0305. The molecule has 0 atom stereocenters. The van der Waals surface area contributed by atoms with E-state index < -0.39 is 0 Å². The largest absolute Gasteiger partial charge is 0.497 e. The van der Waals surface area contributed by atoms with Crippen molar-refractivity contribution in [2.75, 3.05) is 39.0 Å². The van der Waals surface area contributed by atoms with Gasteiger partial charge < -0.3 is 15.0 Å². The number of likely N-dealkylation sites (tertiary alicyclic amines) is 1. The Kier molecular flexibility index (Phi) is 7.53. The van der Waals surface area contributed by atoms with Crippen LogP contribution in [0.3, 0.4) is 0 Å². The summed E-state index contributed by atoms with van der Waals surface area (Å²) < 4.78 is 7.05. The van der Waals surface area contributed by atoms with Crippen LogP contribution < -0.4 is 10.1 Å². The van der Waals surface area contributed by atoms with Gasteiger partial charge in [-0.3, -0.25) is 9.36 Å². The van der Waals surface area contributed by atoms with Crippen LogP contribution in [0.5, 0.6) is 5.75 Å². The van der Waals surface area contributed by atoms with Gasteiger partial charge in [-0.25, -0.2) is 0 Å². The smallest absolute Gasteiger partial charge is 0.230 e. The third-order valence-electron chi connectivity index (χ3n) is 4.62. The van der Waals surface area contributed by atoms with Crippen LogP contribution in [0.2, 0.25) is 0 Å². The van der Waals surface area contributed by atoms with E-state index >= 15 is 0 Å². The van der Waals surface area contributed by atoms with E-state index in [2.05, 4.69) is 20.4 Å². The van der Waals surface area contributed by atoms with Crippen molar-refractivity contribution in [2.24, 2.45) is 0 Å². The Hall–Kier alpha value is -2.06. The predicted octanol–water partition coefficient (Wildman–Crippen LogP) is 2.36. The van der Waals surface area contributed by atoms with Gasteiger partial charge >= 0.3 is 0 Å². The lowest BCUT2D eigenvalue weighted by molar-refractivity contribution is -0.118. The van der Waals surface area contributed by atoms with Crippen LogP contribution in [0.15, 0.2) is 35.7 Å². The maximum Gasteiger partial charge on any atom is 0.230 e. The van der Waals surface area contributed by atoms with Crippen LogP contribution in [-0.4, -0.2) is 64.6 Å². The van der Waals surface area contributed by atoms with Crippen molar-refractivity contribution in [1.29, 1.82) is 0 Å². The van der Waals surface area contributed by atoms with Gasteiger partial charge in [-0.15, -0.1) is 10.2 Å². The molecule has 1 aliphatic heterocycles. The molecule has 2 aromatic rings. The molecule has 7 nitrogen and oxygen atoms in total. The van der Waals surface area contributed by atoms with E-state index in [4.69, 9.17) is 4.74 Å². The molecule has 1 aromatic heterocycles. The Bertz CT molecular complexity index is 713. The first-order valence-electron chi connectivity index (χ1n) is 9.42. The summed E-state index contributed by atoms with van der Waals surface area (Å²) in [5, 5.41) is 11.8. The quantitative estimate of drug-likeness (QED) is 0.524. The number of aromatic nitrogens is 3. The summed E-state index contributed by atoms with van der Waals surface area (Å²) in [6.45, 7) is 4.19. The molecule has 3 rings (SSSR count). The lowest BCUT2D eigenvalue weighted by Gasteiger charge is -2.26. The Balaban J connectivity index is 1.40. The minimum absolute atomic E-state index is 0.0305. The van der Waals surface area contributed by atoms with Crippen molar-refractivity contribution < 1.29 is 9.53 Å². The number of amides is 1. The van der Waals surface area contributed by atoms with E-state index in [-0.39, 0.29) is 5.91 Å². The van der Waals surface area contributed by atoms with E-state index in [9.17, 15) is 4.79 Å². The molecule has 146 valence electrons. The second kappa shape index (κ2) is 10.3. The zero-order valence-electron chi connectivity index (χ0n) is 15.8. The average Bonchev–Trinajstić information content (AvgIpc) is 3.19. The highest BCUT2D eigenvalue weighted by atomic mass is 32.2. The van der Waals surface area contributed by atoms with Gasteiger partial charge in [0.15, 0.2) is 5.16 Å². The van der Waals surface area contributed by atoms with E-state index in [1.807, 2.05) is 28.8 Å². The van der Waals surface area contributed by atoms with Crippen LogP contribution in [0.4, 0.5) is 0 Å². The SMILES string of the molecule is COc1ccc(-n2cnnc2SCC(=O)NCCCN2CCCCC2)cc1. The van der Waals surface area contributed by atoms with Crippen LogP contribution >= 0.6 is 11.8 Å². The summed E-state index contributed by atoms with van der Waals surface area (Å²) in [6, 6.07) is 7.65. The lowest BCUT2D eigenvalue weighted by atomic mass is 10.1. The van der Waals surface area contributed by atoms with Crippen molar-refractivity contribution in [3.05, 3.63) is 30.6 Å². The molecule has 8 heteroatoms. The van der Waals surface area contributed by atoms with Gasteiger partial charge in [0.1, 0.15) is 12.1 Å². The lowest BCUT2D eigenvalue weighted by Crippen LogP contribution is -2.33. The molecule has 27 heavy (non-hydrogen) atoms. The molecule has 1 N–H and O–H groups in total. The Morgan fingerprint density at radius 3 is 2.74 bits per heavy atom. The van der Waals surface area contributed by atoms with E-state index in [1.54, 1.807) is 13.4 Å². The molecule has 1 aromatic carbocycles. The molecular weight excluding hydrogens is 362 g/mol. The number of nitrogens with one attached hydrogen (secondary N) is 1. The first-order chi connectivity index (χ1) is 13.3. The van der Waals surface area contributed by atoms with Crippen LogP contribution in [-0.2, 0) is 4.79 Å². The van der Waals surface area contributed by atoms with Crippen molar-refractivity contribution in [2.45, 2.75) is 30.8 Å². The molecule has 1 amide bonds. The van der Waals surface area contributed by atoms with Crippen molar-refractivity contribution in [3.8, 4) is 11.4 Å². The third kappa shape index (κ3) is 5.97. The molecule has 0 saturated carbocycles. The standard InChI is InChI=1S/C19H27N5O2S/c1-26-17-8-6-16(7-9-17)24-15-21-22-19(24)27-14-18(25)20-10-5-13-23-11-3-2-4-12-23/h6-9,15H,2-5,10-14H2,1H3,(H,20,25). The highest BCUT2D eigenvalue weighted by Crippen LogP contribution is 2.21. The molecule has 0 bridgehead atoms. The zero-order chi connectivity index (χ0) is 18.9. The maximum atomic E-state index is 12.1. The Morgan fingerprint density at radius 1 is 1.22 bits per heavy atom. The van der Waals surface area contributed by atoms with Gasteiger partial charge in [-0.1, -0.05) is 18.2 Å². The first kappa shape index (κ1) is 19.7. The van der Waals surface area contributed by atoms with Crippen molar-refractivity contribution >= 4 is 17.7 Å². The summed E-state index contributed by atoms with van der Waals surface area (Å²) in [4.78, 5) is 14.6. The van der Waals surface area contributed by atoms with Crippen LogP contribution in [0.25, 0.3) is 5.69 Å². The van der Waals surface area contributed by atoms with E-state index in [0.29, 0.717) is 10.9 Å². The predicted molar refractivity (Wildman–Crippen MR) is 107 cm³/mol. The van der Waals surface area contributed by atoms with Gasteiger partial charge in [-0.05, 0) is 63.2 Å². The number of benzene rings is 1. The first-order valence-corrected chi connectivity index (χ1v) is 10.4. The maximum absolute atomic E-state index is 12.1. The fraction of sp³-hybridized carbons (Fsp3) is 0.526. The minimum Gasteiger partial charge on any atom is -0.497 e. The normalized spacial score (nSPS) is 14.9. The summed E-state index contributed by atoms with van der Waals surface area (Å²) in [7, 11) is 1.64. The van der Waals surface area contributed by atoms with Crippen molar-refractivity contribution in [1.82, 2.24) is 25.0 Å². The topological polar surface area (TPSA) is 72.3 Å². The molecule has 1 saturated heterocycles. The molecular formula is C19H27N5O2S. The Morgan fingerprint density at radius 2 is 2.00 bits per heavy atom. The monoisotopic (exact) mass is 389 g/mol. The second-order valence-corrected chi connectivity index (χ2v) is 7.52. The van der Waals surface area contributed by atoms with Gasteiger partial charge in [0.25, 0.3) is 0 Å². The molecule has 0 spiro atoms. The fourth-order valence-corrected chi connectivity index (χ4v) is 3.90. The summed E-state index contributed by atoms with van der Waals surface area (Å²) in [5.41, 5.74) is 0.935. The summed E-state index contributed by atoms with van der Waals surface area (Å²) >= 11 is 1.39.